The Morgan fingerprint density at radius 2 is 2.04 bits per heavy atom. The van der Waals surface area contributed by atoms with Crippen molar-refractivity contribution in [2.45, 2.75) is 42.7 Å². The molecule has 0 unspecified atom stereocenters. The molecule has 1 aromatic heterocycles. The highest BCUT2D eigenvalue weighted by atomic mass is 32.2. The molecule has 0 radical (unpaired) electrons. The molecule has 0 saturated carbocycles. The van der Waals surface area contributed by atoms with Crippen LogP contribution in [0.2, 0.25) is 0 Å². The maximum atomic E-state index is 12.4. The van der Waals surface area contributed by atoms with Crippen LogP contribution in [-0.2, 0) is 4.79 Å². The Kier molecular flexibility index (Phi) is 6.85. The van der Waals surface area contributed by atoms with Crippen LogP contribution in [0.1, 0.15) is 33.1 Å². The van der Waals surface area contributed by atoms with Crippen molar-refractivity contribution < 1.29 is 9.59 Å². The lowest BCUT2D eigenvalue weighted by Gasteiger charge is -2.32. The van der Waals surface area contributed by atoms with E-state index in [0.29, 0.717) is 36.3 Å². The first kappa shape index (κ1) is 19.0. The zero-order valence-corrected chi connectivity index (χ0v) is 16.2. The normalized spacial score (nSPS) is 16.8. The van der Waals surface area contributed by atoms with Crippen molar-refractivity contribution in [3.05, 3.63) is 0 Å². The SMILES string of the molecule is CC[C@@H](C)Sc1nnc(NC(=O)C2CCN(C(=O)N(C)C)CC2)s1. The summed E-state index contributed by atoms with van der Waals surface area (Å²) in [6.07, 6.45) is 2.42. The summed E-state index contributed by atoms with van der Waals surface area (Å²) in [4.78, 5) is 27.6. The number of likely N-dealkylation sites (tertiary alicyclic amines) is 1. The summed E-state index contributed by atoms with van der Waals surface area (Å²) in [5.41, 5.74) is 0. The van der Waals surface area contributed by atoms with Crippen LogP contribution < -0.4 is 5.32 Å². The quantitative estimate of drug-likeness (QED) is 0.636. The van der Waals surface area contributed by atoms with E-state index in [-0.39, 0.29) is 17.9 Å². The first-order valence-corrected chi connectivity index (χ1v) is 9.87. The molecular formula is C15H25N5O2S2. The second-order valence-electron chi connectivity index (χ2n) is 6.14. The third-order valence-electron chi connectivity index (χ3n) is 4.03. The largest absolute Gasteiger partial charge is 0.331 e. The van der Waals surface area contributed by atoms with Crippen LogP contribution in [0.4, 0.5) is 9.93 Å². The number of nitrogens with zero attached hydrogens (tertiary/aromatic N) is 4. The number of hydrogen-bond donors (Lipinski definition) is 1. The molecular weight excluding hydrogens is 346 g/mol. The summed E-state index contributed by atoms with van der Waals surface area (Å²) < 4.78 is 0.881. The van der Waals surface area contributed by atoms with Gasteiger partial charge in [0.25, 0.3) is 0 Å². The molecule has 1 aliphatic heterocycles. The number of piperidine rings is 1. The molecule has 7 nitrogen and oxygen atoms in total. The molecule has 3 amide bonds. The van der Waals surface area contributed by atoms with Crippen molar-refractivity contribution in [1.29, 1.82) is 0 Å². The Balaban J connectivity index is 1.82. The molecule has 24 heavy (non-hydrogen) atoms. The van der Waals surface area contributed by atoms with Crippen LogP contribution >= 0.6 is 23.1 Å². The second kappa shape index (κ2) is 8.66. The van der Waals surface area contributed by atoms with Gasteiger partial charge in [-0.25, -0.2) is 4.79 Å². The van der Waals surface area contributed by atoms with Crippen LogP contribution in [0.5, 0.6) is 0 Å². The average Bonchev–Trinajstić information content (AvgIpc) is 3.00. The molecule has 1 aromatic rings. The molecule has 0 aromatic carbocycles. The van der Waals surface area contributed by atoms with E-state index in [0.717, 1.165) is 10.8 Å². The van der Waals surface area contributed by atoms with E-state index < -0.39 is 0 Å². The summed E-state index contributed by atoms with van der Waals surface area (Å²) in [6, 6.07) is 0.00434. The van der Waals surface area contributed by atoms with Gasteiger partial charge in [0.2, 0.25) is 11.0 Å². The summed E-state index contributed by atoms with van der Waals surface area (Å²) >= 11 is 3.09. The first-order chi connectivity index (χ1) is 11.4. The molecule has 2 heterocycles. The molecule has 1 aliphatic rings. The second-order valence-corrected chi connectivity index (χ2v) is 8.80. The number of amides is 3. The zero-order chi connectivity index (χ0) is 17.7. The Bertz CT molecular complexity index is 570. The highest BCUT2D eigenvalue weighted by Crippen LogP contribution is 2.30. The molecule has 9 heteroatoms. The predicted molar refractivity (Wildman–Crippen MR) is 97.5 cm³/mol. The van der Waals surface area contributed by atoms with Gasteiger partial charge in [0.05, 0.1) is 0 Å². The monoisotopic (exact) mass is 371 g/mol. The maximum Gasteiger partial charge on any atom is 0.319 e. The van der Waals surface area contributed by atoms with E-state index in [1.165, 1.54) is 11.3 Å². The smallest absolute Gasteiger partial charge is 0.319 e. The van der Waals surface area contributed by atoms with Crippen molar-refractivity contribution in [3.63, 3.8) is 0 Å². The summed E-state index contributed by atoms with van der Waals surface area (Å²) in [7, 11) is 3.48. The molecule has 1 N–H and O–H groups in total. The van der Waals surface area contributed by atoms with E-state index in [4.69, 9.17) is 0 Å². The predicted octanol–water partition coefficient (Wildman–Crippen LogP) is 2.76. The van der Waals surface area contributed by atoms with Crippen molar-refractivity contribution in [2.24, 2.45) is 5.92 Å². The minimum absolute atomic E-state index is 0.00434. The van der Waals surface area contributed by atoms with E-state index >= 15 is 0 Å². The standard InChI is InChI=1S/C15H25N5O2S2/c1-5-10(2)23-14-18-17-13(24-14)16-12(21)11-6-8-20(9-7-11)15(22)19(3)4/h10-11H,5-9H2,1-4H3,(H,16,17,21)/t10-/m1/s1. The van der Waals surface area contributed by atoms with Gasteiger partial charge in [-0.05, 0) is 19.3 Å². The molecule has 1 saturated heterocycles. The number of anilines is 1. The lowest BCUT2D eigenvalue weighted by Crippen LogP contribution is -2.45. The van der Waals surface area contributed by atoms with Crippen molar-refractivity contribution in [1.82, 2.24) is 20.0 Å². The van der Waals surface area contributed by atoms with E-state index in [2.05, 4.69) is 29.4 Å². The van der Waals surface area contributed by atoms with E-state index in [1.54, 1.807) is 35.7 Å². The number of nitrogens with one attached hydrogen (secondary N) is 1. The lowest BCUT2D eigenvalue weighted by molar-refractivity contribution is -0.121. The Morgan fingerprint density at radius 1 is 1.38 bits per heavy atom. The topological polar surface area (TPSA) is 78.4 Å². The highest BCUT2D eigenvalue weighted by molar-refractivity contribution is 8.01. The van der Waals surface area contributed by atoms with Gasteiger partial charge in [0.15, 0.2) is 4.34 Å². The van der Waals surface area contributed by atoms with Crippen molar-refractivity contribution in [2.75, 3.05) is 32.5 Å². The van der Waals surface area contributed by atoms with Crippen LogP contribution in [0.25, 0.3) is 0 Å². The number of aromatic nitrogens is 2. The summed E-state index contributed by atoms with van der Waals surface area (Å²) in [6.45, 7) is 5.50. The third kappa shape index (κ3) is 5.07. The van der Waals surface area contributed by atoms with Crippen LogP contribution in [0.15, 0.2) is 4.34 Å². The Labute approximate surface area is 151 Å². The van der Waals surface area contributed by atoms with E-state index in [9.17, 15) is 9.59 Å². The molecule has 0 bridgehead atoms. The van der Waals surface area contributed by atoms with Gasteiger partial charge in [-0.2, -0.15) is 0 Å². The van der Waals surface area contributed by atoms with Crippen LogP contribution in [-0.4, -0.2) is 64.4 Å². The Hall–Kier alpha value is -1.35. The van der Waals surface area contributed by atoms with E-state index in [1.807, 2.05) is 0 Å². The van der Waals surface area contributed by atoms with Crippen LogP contribution in [0, 0.1) is 5.92 Å². The maximum absolute atomic E-state index is 12.4. The Morgan fingerprint density at radius 3 is 2.62 bits per heavy atom. The number of carbonyl (C=O) groups is 2. The number of rotatable bonds is 5. The van der Waals surface area contributed by atoms with Gasteiger partial charge in [0, 0.05) is 38.4 Å². The number of thioether (sulfide) groups is 1. The molecule has 1 fully saturated rings. The molecule has 134 valence electrons. The lowest BCUT2D eigenvalue weighted by atomic mass is 9.96. The van der Waals surface area contributed by atoms with Crippen molar-refractivity contribution in [3.8, 4) is 0 Å². The van der Waals surface area contributed by atoms with Gasteiger partial charge < -0.3 is 15.1 Å². The highest BCUT2D eigenvalue weighted by Gasteiger charge is 2.28. The minimum atomic E-state index is -0.0780. The summed E-state index contributed by atoms with van der Waals surface area (Å²) in [5, 5.41) is 12.1. The molecule has 2 rings (SSSR count). The fourth-order valence-corrected chi connectivity index (χ4v) is 4.39. The zero-order valence-electron chi connectivity index (χ0n) is 14.6. The number of hydrogen-bond acceptors (Lipinski definition) is 6. The van der Waals surface area contributed by atoms with Gasteiger partial charge in [-0.3, -0.25) is 4.79 Å². The van der Waals surface area contributed by atoms with Gasteiger partial charge in [-0.15, -0.1) is 10.2 Å². The molecule has 0 spiro atoms. The number of urea groups is 1. The van der Waals surface area contributed by atoms with Gasteiger partial charge in [0.1, 0.15) is 0 Å². The molecule has 0 aliphatic carbocycles. The average molecular weight is 372 g/mol. The summed E-state index contributed by atoms with van der Waals surface area (Å²) in [5.74, 6) is -0.103. The number of carbonyl (C=O) groups excluding carboxylic acids is 2. The van der Waals surface area contributed by atoms with Gasteiger partial charge in [-0.1, -0.05) is 36.9 Å². The third-order valence-corrected chi connectivity index (χ3v) is 6.22. The van der Waals surface area contributed by atoms with Gasteiger partial charge >= 0.3 is 6.03 Å². The van der Waals surface area contributed by atoms with Crippen LogP contribution in [0.3, 0.4) is 0 Å². The fourth-order valence-electron chi connectivity index (χ4n) is 2.39. The first-order valence-electron chi connectivity index (χ1n) is 8.18. The molecule has 1 atom stereocenters. The fraction of sp³-hybridized carbons (Fsp3) is 0.733. The minimum Gasteiger partial charge on any atom is -0.331 e. The van der Waals surface area contributed by atoms with Crippen molar-refractivity contribution >= 4 is 40.2 Å².